The molecule has 1 amide bonds. The largest absolute Gasteiger partial charge is 0.416 e. The summed E-state index contributed by atoms with van der Waals surface area (Å²) in [4.78, 5) is 12.4. The van der Waals surface area contributed by atoms with E-state index in [2.05, 4.69) is 10.6 Å². The van der Waals surface area contributed by atoms with Crippen LogP contribution in [0.2, 0.25) is 0 Å². The van der Waals surface area contributed by atoms with E-state index in [1.165, 1.54) is 6.07 Å². The first-order valence-corrected chi connectivity index (χ1v) is 10.0. The monoisotopic (exact) mass is 419 g/mol. The second kappa shape index (κ2) is 8.28. The Morgan fingerprint density at radius 1 is 1.17 bits per heavy atom. The van der Waals surface area contributed by atoms with Gasteiger partial charge in [-0.05, 0) is 36.6 Å². The molecule has 2 aliphatic heterocycles. The Balaban J connectivity index is 1.70. The van der Waals surface area contributed by atoms with Crippen LogP contribution in [0.5, 0.6) is 0 Å². The minimum absolute atomic E-state index is 0.0954. The summed E-state index contributed by atoms with van der Waals surface area (Å²) in [5.41, 5.74) is 6.80. The molecule has 4 atom stereocenters. The lowest BCUT2D eigenvalue weighted by Crippen LogP contribution is -2.45. The van der Waals surface area contributed by atoms with Gasteiger partial charge in [0.05, 0.1) is 17.7 Å². The fourth-order valence-electron chi connectivity index (χ4n) is 4.36. The van der Waals surface area contributed by atoms with Crippen molar-refractivity contribution >= 4 is 11.6 Å². The molecule has 2 aliphatic rings. The van der Waals surface area contributed by atoms with Crippen LogP contribution in [0, 0.1) is 5.92 Å². The van der Waals surface area contributed by atoms with E-state index >= 15 is 0 Å². The summed E-state index contributed by atoms with van der Waals surface area (Å²) in [7, 11) is 0. The molecular weight excluding hydrogens is 395 g/mol. The number of carbonyl (C=O) groups is 1. The number of nitrogens with two attached hydrogens (primary N) is 1. The van der Waals surface area contributed by atoms with Crippen molar-refractivity contribution in [1.29, 1.82) is 0 Å². The number of anilines is 1. The maximum absolute atomic E-state index is 13.3. The number of hydrogen-bond donors (Lipinski definition) is 3. The zero-order valence-electron chi connectivity index (χ0n) is 16.3. The summed E-state index contributed by atoms with van der Waals surface area (Å²) < 4.78 is 46.1. The Hall–Kier alpha value is -2.58. The standard InChI is InChI=1S/C22H24F3N3O2/c23-22(24,25)14-6-8-17-16(12-14)20-15(19(28-17)13-4-2-1-3-5-13)7-9-18(30-20)21(29)27-11-10-26/h1-6,8,12,15,18-20,28H,7,9-11,26H2,(H,27,29)/t15?,18-,19+,20+/m1/s1. The number of halogens is 3. The van der Waals surface area contributed by atoms with Crippen LogP contribution in [0.1, 0.15) is 41.7 Å². The molecule has 0 aliphatic carbocycles. The number of rotatable bonds is 4. The minimum Gasteiger partial charge on any atom is -0.378 e. The molecule has 1 fully saturated rings. The van der Waals surface area contributed by atoms with Gasteiger partial charge in [0.25, 0.3) is 0 Å². The van der Waals surface area contributed by atoms with E-state index in [9.17, 15) is 18.0 Å². The molecule has 2 aromatic carbocycles. The van der Waals surface area contributed by atoms with Crippen molar-refractivity contribution in [2.45, 2.75) is 37.3 Å². The summed E-state index contributed by atoms with van der Waals surface area (Å²) in [5.74, 6) is -0.371. The van der Waals surface area contributed by atoms with Gasteiger partial charge in [-0.25, -0.2) is 0 Å². The third-order valence-corrected chi connectivity index (χ3v) is 5.78. The average Bonchev–Trinajstić information content (AvgIpc) is 2.76. The Morgan fingerprint density at radius 2 is 1.93 bits per heavy atom. The van der Waals surface area contributed by atoms with Crippen molar-refractivity contribution < 1.29 is 22.7 Å². The second-order valence-electron chi connectivity index (χ2n) is 7.70. The molecule has 4 N–H and O–H groups in total. The minimum atomic E-state index is -4.45. The topological polar surface area (TPSA) is 76.4 Å². The van der Waals surface area contributed by atoms with Gasteiger partial charge < -0.3 is 21.1 Å². The zero-order valence-corrected chi connectivity index (χ0v) is 16.3. The molecule has 8 heteroatoms. The van der Waals surface area contributed by atoms with Gasteiger partial charge in [-0.3, -0.25) is 4.79 Å². The van der Waals surface area contributed by atoms with Gasteiger partial charge in [0.15, 0.2) is 0 Å². The molecule has 0 aromatic heterocycles. The Kier molecular flexibility index (Phi) is 5.71. The van der Waals surface area contributed by atoms with Crippen molar-refractivity contribution in [2.24, 2.45) is 11.7 Å². The van der Waals surface area contributed by atoms with Gasteiger partial charge in [0.2, 0.25) is 5.91 Å². The Bertz CT molecular complexity index is 904. The second-order valence-corrected chi connectivity index (χ2v) is 7.70. The fraction of sp³-hybridized carbons (Fsp3) is 0.409. The van der Waals surface area contributed by atoms with Crippen LogP contribution in [0.25, 0.3) is 0 Å². The first kappa shape index (κ1) is 20.7. The van der Waals surface area contributed by atoms with Gasteiger partial charge in [-0.1, -0.05) is 30.3 Å². The SMILES string of the molecule is NCCNC(=O)[C@H]1CCC2[C@H](O1)c1cc(C(F)(F)F)ccc1N[C@H]2c1ccccc1. The molecule has 0 bridgehead atoms. The molecule has 4 rings (SSSR count). The first-order valence-electron chi connectivity index (χ1n) is 10.0. The number of nitrogens with one attached hydrogen (secondary N) is 2. The van der Waals surface area contributed by atoms with Gasteiger partial charge in [0, 0.05) is 30.3 Å². The van der Waals surface area contributed by atoms with Crippen LogP contribution in [-0.4, -0.2) is 25.1 Å². The number of benzene rings is 2. The molecule has 1 unspecified atom stereocenters. The van der Waals surface area contributed by atoms with Crippen molar-refractivity contribution in [2.75, 3.05) is 18.4 Å². The van der Waals surface area contributed by atoms with Crippen LogP contribution in [0.4, 0.5) is 18.9 Å². The molecule has 2 aromatic rings. The highest BCUT2D eigenvalue weighted by Gasteiger charge is 2.44. The Labute approximate surface area is 172 Å². The van der Waals surface area contributed by atoms with Crippen molar-refractivity contribution in [1.82, 2.24) is 5.32 Å². The quantitative estimate of drug-likeness (QED) is 0.705. The van der Waals surface area contributed by atoms with Crippen LogP contribution in [0.15, 0.2) is 48.5 Å². The van der Waals surface area contributed by atoms with E-state index in [-0.39, 0.29) is 17.9 Å². The molecule has 1 saturated heterocycles. The zero-order chi connectivity index (χ0) is 21.3. The fourth-order valence-corrected chi connectivity index (χ4v) is 4.36. The summed E-state index contributed by atoms with van der Waals surface area (Å²) in [6.07, 6.45) is -4.64. The maximum atomic E-state index is 13.3. The number of fused-ring (bicyclic) bond motifs is 3. The van der Waals surface area contributed by atoms with E-state index in [0.717, 1.165) is 17.7 Å². The van der Waals surface area contributed by atoms with Crippen LogP contribution in [0.3, 0.4) is 0 Å². The number of hydrogen-bond acceptors (Lipinski definition) is 4. The lowest BCUT2D eigenvalue weighted by Gasteiger charge is -2.45. The molecule has 2 heterocycles. The maximum Gasteiger partial charge on any atom is 0.416 e. The van der Waals surface area contributed by atoms with Crippen LogP contribution >= 0.6 is 0 Å². The summed E-state index contributed by atoms with van der Waals surface area (Å²) in [6.45, 7) is 0.637. The summed E-state index contributed by atoms with van der Waals surface area (Å²) >= 11 is 0. The van der Waals surface area contributed by atoms with Gasteiger partial charge in [-0.2, -0.15) is 13.2 Å². The lowest BCUT2D eigenvalue weighted by atomic mass is 9.76. The molecular formula is C22H24F3N3O2. The highest BCUT2D eigenvalue weighted by molar-refractivity contribution is 5.81. The summed E-state index contributed by atoms with van der Waals surface area (Å²) in [6, 6.07) is 13.3. The lowest BCUT2D eigenvalue weighted by molar-refractivity contribution is -0.149. The highest BCUT2D eigenvalue weighted by Crippen LogP contribution is 2.51. The van der Waals surface area contributed by atoms with Gasteiger partial charge in [-0.15, -0.1) is 0 Å². The third-order valence-electron chi connectivity index (χ3n) is 5.78. The Morgan fingerprint density at radius 3 is 2.63 bits per heavy atom. The number of carbonyl (C=O) groups excluding carboxylic acids is 1. The van der Waals surface area contributed by atoms with E-state index in [1.807, 2.05) is 30.3 Å². The van der Waals surface area contributed by atoms with Gasteiger partial charge >= 0.3 is 6.18 Å². The van der Waals surface area contributed by atoms with E-state index in [1.54, 1.807) is 0 Å². The average molecular weight is 419 g/mol. The highest BCUT2D eigenvalue weighted by atomic mass is 19.4. The number of ether oxygens (including phenoxy) is 1. The van der Waals surface area contributed by atoms with E-state index in [0.29, 0.717) is 37.2 Å². The van der Waals surface area contributed by atoms with Crippen molar-refractivity contribution in [3.05, 3.63) is 65.2 Å². The predicted octanol–water partition coefficient (Wildman–Crippen LogP) is 3.78. The summed E-state index contributed by atoms with van der Waals surface area (Å²) in [5, 5.41) is 6.12. The van der Waals surface area contributed by atoms with Crippen molar-refractivity contribution in [3.8, 4) is 0 Å². The molecule has 0 spiro atoms. The number of alkyl halides is 3. The molecule has 0 radical (unpaired) electrons. The normalized spacial score (nSPS) is 25.6. The molecule has 160 valence electrons. The molecule has 5 nitrogen and oxygen atoms in total. The van der Waals surface area contributed by atoms with E-state index in [4.69, 9.17) is 10.5 Å². The van der Waals surface area contributed by atoms with Crippen molar-refractivity contribution in [3.63, 3.8) is 0 Å². The van der Waals surface area contributed by atoms with Crippen LogP contribution in [-0.2, 0) is 15.7 Å². The van der Waals surface area contributed by atoms with Crippen LogP contribution < -0.4 is 16.4 Å². The first-order chi connectivity index (χ1) is 14.4. The van der Waals surface area contributed by atoms with Gasteiger partial charge in [0.1, 0.15) is 6.10 Å². The third kappa shape index (κ3) is 4.02. The molecule has 0 saturated carbocycles. The number of amides is 1. The predicted molar refractivity (Wildman–Crippen MR) is 107 cm³/mol. The van der Waals surface area contributed by atoms with E-state index < -0.39 is 23.9 Å². The smallest absolute Gasteiger partial charge is 0.378 e. The molecule has 30 heavy (non-hydrogen) atoms.